The summed E-state index contributed by atoms with van der Waals surface area (Å²) < 4.78 is 12.9. The SMILES string of the molecule is CCCCCCC1C(N2CCCCC2)P1(=O)CC.O=[N+]([O-])O. The maximum Gasteiger partial charge on any atom is 0.291 e. The van der Waals surface area contributed by atoms with Crippen LogP contribution in [0.3, 0.4) is 0 Å². The lowest BCUT2D eigenvalue weighted by Gasteiger charge is -2.26. The Labute approximate surface area is 133 Å². The van der Waals surface area contributed by atoms with Crippen LogP contribution in [0.4, 0.5) is 0 Å². The molecule has 0 spiro atoms. The lowest BCUT2D eigenvalue weighted by Crippen LogP contribution is -2.33. The number of hydrogen-bond donors (Lipinski definition) is 1. The molecule has 6 nitrogen and oxygen atoms in total. The van der Waals surface area contributed by atoms with Crippen LogP contribution in [0.15, 0.2) is 0 Å². The highest BCUT2D eigenvalue weighted by Gasteiger charge is 2.61. The predicted molar refractivity (Wildman–Crippen MR) is 88.7 cm³/mol. The number of unbranched alkanes of at least 4 members (excludes halogenated alkanes) is 3. The van der Waals surface area contributed by atoms with E-state index in [1.54, 1.807) is 0 Å². The Morgan fingerprint density at radius 2 is 1.77 bits per heavy atom. The molecule has 0 saturated carbocycles. The van der Waals surface area contributed by atoms with Crippen molar-refractivity contribution in [1.82, 2.24) is 4.90 Å². The Balaban J connectivity index is 0.000000541. The summed E-state index contributed by atoms with van der Waals surface area (Å²) in [6.07, 6.45) is 11.5. The standard InChI is InChI=1S/C15H30NOP.HNO3/c1-3-5-6-8-11-14-15(18(14,17)4-2)16-12-9-7-10-13-16;2-1(3)4/h14-15H,3-13H2,1-2H3;(H,2,3,4). The second-order valence-electron chi connectivity index (χ2n) is 6.34. The van der Waals surface area contributed by atoms with Gasteiger partial charge in [0.1, 0.15) is 7.14 Å². The van der Waals surface area contributed by atoms with Crippen molar-refractivity contribution in [2.24, 2.45) is 0 Å². The molecule has 3 atom stereocenters. The Morgan fingerprint density at radius 1 is 1.18 bits per heavy atom. The van der Waals surface area contributed by atoms with Gasteiger partial charge in [0.05, 0.1) is 5.78 Å². The van der Waals surface area contributed by atoms with Gasteiger partial charge in [0.15, 0.2) is 0 Å². The fraction of sp³-hybridized carbons (Fsp3) is 1.00. The third-order valence-electron chi connectivity index (χ3n) is 4.88. The number of likely N-dealkylation sites (tertiary alicyclic amines) is 1. The molecule has 7 heteroatoms. The molecule has 22 heavy (non-hydrogen) atoms. The van der Waals surface area contributed by atoms with Crippen molar-refractivity contribution in [3.8, 4) is 0 Å². The molecule has 0 amide bonds. The van der Waals surface area contributed by atoms with E-state index in [4.69, 9.17) is 15.3 Å². The molecule has 1 N–H and O–H groups in total. The van der Waals surface area contributed by atoms with Crippen LogP contribution in [0.1, 0.15) is 65.2 Å². The van der Waals surface area contributed by atoms with Gasteiger partial charge >= 0.3 is 0 Å². The third kappa shape index (κ3) is 5.54. The van der Waals surface area contributed by atoms with Crippen LogP contribution >= 0.6 is 7.14 Å². The van der Waals surface area contributed by atoms with Gasteiger partial charge in [-0.05, 0) is 38.5 Å². The summed E-state index contributed by atoms with van der Waals surface area (Å²) in [5.41, 5.74) is 0.567. The molecule has 2 aliphatic rings. The molecule has 0 radical (unpaired) electrons. The largest absolute Gasteiger partial charge is 0.328 e. The Bertz CT molecular complexity index is 382. The van der Waals surface area contributed by atoms with Crippen molar-refractivity contribution >= 4 is 7.14 Å². The zero-order chi connectivity index (χ0) is 16.6. The molecule has 3 unspecified atom stereocenters. The zero-order valence-corrected chi connectivity index (χ0v) is 14.8. The van der Waals surface area contributed by atoms with E-state index in [0.717, 1.165) is 6.16 Å². The van der Waals surface area contributed by atoms with Gasteiger partial charge < -0.3 is 9.77 Å². The summed E-state index contributed by atoms with van der Waals surface area (Å²) in [6.45, 7) is 6.81. The molecule has 0 aromatic carbocycles. The van der Waals surface area contributed by atoms with E-state index in [2.05, 4.69) is 18.7 Å². The van der Waals surface area contributed by atoms with Crippen molar-refractivity contribution < 1.29 is 14.9 Å². The molecule has 2 saturated heterocycles. The summed E-state index contributed by atoms with van der Waals surface area (Å²) in [4.78, 5) is 10.9. The van der Waals surface area contributed by atoms with Gasteiger partial charge in [-0.25, -0.2) is 0 Å². The Hall–Kier alpha value is -0.610. The first-order valence-corrected chi connectivity index (χ1v) is 10.7. The predicted octanol–water partition coefficient (Wildman–Crippen LogP) is 4.19. The van der Waals surface area contributed by atoms with E-state index in [9.17, 15) is 4.57 Å². The summed E-state index contributed by atoms with van der Waals surface area (Å²) in [5, 5.41) is 13.6. The summed E-state index contributed by atoms with van der Waals surface area (Å²) in [7, 11) is -1.81. The van der Waals surface area contributed by atoms with Crippen LogP contribution < -0.4 is 0 Å². The highest BCUT2D eigenvalue weighted by atomic mass is 31.2. The van der Waals surface area contributed by atoms with Gasteiger partial charge in [-0.15, -0.1) is 10.1 Å². The molecule has 0 aromatic heterocycles. The van der Waals surface area contributed by atoms with Crippen LogP contribution in [0.2, 0.25) is 0 Å². The Morgan fingerprint density at radius 3 is 2.27 bits per heavy atom. The minimum atomic E-state index is -1.81. The van der Waals surface area contributed by atoms with Crippen molar-refractivity contribution in [1.29, 1.82) is 0 Å². The minimum Gasteiger partial charge on any atom is -0.328 e. The maximum atomic E-state index is 12.9. The topological polar surface area (TPSA) is 83.7 Å². The number of piperidine rings is 1. The first kappa shape index (κ1) is 19.4. The molecule has 2 aliphatic heterocycles. The fourth-order valence-electron chi connectivity index (χ4n) is 3.68. The third-order valence-corrected chi connectivity index (χ3v) is 8.77. The molecule has 2 rings (SSSR count). The van der Waals surface area contributed by atoms with E-state index in [1.807, 2.05) is 0 Å². The average Bonchev–Trinajstić information content (AvgIpc) is 3.09. The van der Waals surface area contributed by atoms with Gasteiger partial charge in [-0.3, -0.25) is 4.90 Å². The summed E-state index contributed by atoms with van der Waals surface area (Å²) in [6, 6.07) is 0. The van der Waals surface area contributed by atoms with E-state index >= 15 is 0 Å². The second kappa shape index (κ2) is 9.51. The van der Waals surface area contributed by atoms with Crippen LogP contribution in [0, 0.1) is 10.1 Å². The molecule has 0 bridgehead atoms. The highest BCUT2D eigenvalue weighted by Crippen LogP contribution is 2.76. The molecule has 0 aromatic rings. The minimum absolute atomic E-state index is 0.490. The smallest absolute Gasteiger partial charge is 0.291 e. The summed E-state index contributed by atoms with van der Waals surface area (Å²) in [5.74, 6) is 0.490. The quantitative estimate of drug-likeness (QED) is 0.327. The van der Waals surface area contributed by atoms with Crippen molar-refractivity contribution in [3.63, 3.8) is 0 Å². The molecule has 130 valence electrons. The van der Waals surface area contributed by atoms with Crippen LogP contribution in [-0.4, -0.2) is 45.9 Å². The van der Waals surface area contributed by atoms with Crippen molar-refractivity contribution in [2.45, 2.75) is 76.7 Å². The number of hydrogen-bond acceptors (Lipinski definition) is 4. The summed E-state index contributed by atoms with van der Waals surface area (Å²) >= 11 is 0. The van der Waals surface area contributed by atoms with Crippen LogP contribution in [0.5, 0.6) is 0 Å². The van der Waals surface area contributed by atoms with E-state index in [0.29, 0.717) is 11.4 Å². The van der Waals surface area contributed by atoms with Crippen LogP contribution in [0.25, 0.3) is 0 Å². The molecule has 2 fully saturated rings. The zero-order valence-electron chi connectivity index (χ0n) is 13.9. The normalized spacial score (nSPS) is 31.2. The van der Waals surface area contributed by atoms with Crippen molar-refractivity contribution in [2.75, 3.05) is 19.3 Å². The van der Waals surface area contributed by atoms with Crippen molar-refractivity contribution in [3.05, 3.63) is 10.1 Å². The van der Waals surface area contributed by atoms with E-state index in [-0.39, 0.29) is 0 Å². The fourth-order valence-corrected chi connectivity index (χ4v) is 7.54. The lowest BCUT2D eigenvalue weighted by atomic mass is 10.1. The van der Waals surface area contributed by atoms with Gasteiger partial charge in [0.2, 0.25) is 0 Å². The van der Waals surface area contributed by atoms with Gasteiger partial charge in [0.25, 0.3) is 5.09 Å². The van der Waals surface area contributed by atoms with Gasteiger partial charge in [-0.1, -0.05) is 46.0 Å². The Kier molecular flexibility index (Phi) is 8.40. The van der Waals surface area contributed by atoms with Gasteiger partial charge in [0, 0.05) is 5.66 Å². The second-order valence-corrected chi connectivity index (χ2v) is 9.87. The average molecular weight is 334 g/mol. The van der Waals surface area contributed by atoms with Crippen LogP contribution in [-0.2, 0) is 4.57 Å². The maximum absolute atomic E-state index is 12.9. The lowest BCUT2D eigenvalue weighted by molar-refractivity contribution is -0.742. The first-order valence-electron chi connectivity index (χ1n) is 8.63. The molecule has 2 heterocycles. The molecular weight excluding hydrogens is 303 g/mol. The first-order chi connectivity index (χ1) is 10.5. The highest BCUT2D eigenvalue weighted by molar-refractivity contribution is 7.73. The number of nitrogens with zero attached hydrogens (tertiary/aromatic N) is 2. The molecular formula is C15H31N2O4P. The van der Waals surface area contributed by atoms with E-state index in [1.165, 1.54) is 64.5 Å². The monoisotopic (exact) mass is 334 g/mol. The number of rotatable bonds is 7. The molecule has 0 aliphatic carbocycles. The van der Waals surface area contributed by atoms with Gasteiger partial charge in [-0.2, -0.15) is 0 Å². The van der Waals surface area contributed by atoms with E-state index < -0.39 is 12.2 Å².